The van der Waals surface area contributed by atoms with Crippen molar-refractivity contribution >= 4 is 35.8 Å². The van der Waals surface area contributed by atoms with Gasteiger partial charge in [0.25, 0.3) is 0 Å². The van der Waals surface area contributed by atoms with Crippen LogP contribution in [0.1, 0.15) is 45.1 Å². The SMILES string of the molecule is CCC(C)NC(=O)CCNC(=NC)NCC1(c2cccc(F)c2)CC1.I. The fourth-order valence-electron chi connectivity index (χ4n) is 2.75. The van der Waals surface area contributed by atoms with E-state index in [0.717, 1.165) is 24.8 Å². The minimum Gasteiger partial charge on any atom is -0.356 e. The molecule has 7 heteroatoms. The Morgan fingerprint density at radius 3 is 2.65 bits per heavy atom. The molecule has 1 amide bonds. The Bertz CT molecular complexity index is 619. The van der Waals surface area contributed by atoms with Crippen molar-refractivity contribution in [2.45, 2.75) is 51.0 Å². The van der Waals surface area contributed by atoms with Gasteiger partial charge in [-0.1, -0.05) is 19.1 Å². The lowest BCUT2D eigenvalue weighted by atomic mass is 9.96. The molecule has 0 saturated heterocycles. The van der Waals surface area contributed by atoms with Crippen LogP contribution in [-0.2, 0) is 10.2 Å². The topological polar surface area (TPSA) is 65.5 Å². The van der Waals surface area contributed by atoms with E-state index in [0.29, 0.717) is 25.5 Å². The summed E-state index contributed by atoms with van der Waals surface area (Å²) in [6, 6.07) is 7.02. The number of nitrogens with zero attached hydrogens (tertiary/aromatic N) is 1. The van der Waals surface area contributed by atoms with Gasteiger partial charge in [0.05, 0.1) is 0 Å². The molecule has 1 aliphatic carbocycles. The molecule has 0 bridgehead atoms. The molecule has 5 nitrogen and oxygen atoms in total. The standard InChI is InChI=1S/C19H29FN4O.HI/c1-4-14(2)24-17(25)8-11-22-18(21-3)23-13-19(9-10-19)15-6-5-7-16(20)12-15;/h5-7,12,14H,4,8-11,13H2,1-3H3,(H,24,25)(H2,21,22,23);1H. The van der Waals surface area contributed by atoms with Crippen LogP contribution in [0.4, 0.5) is 4.39 Å². The lowest BCUT2D eigenvalue weighted by Gasteiger charge is -2.19. The van der Waals surface area contributed by atoms with E-state index >= 15 is 0 Å². The Balaban J connectivity index is 0.00000338. The van der Waals surface area contributed by atoms with Crippen LogP contribution in [0.5, 0.6) is 0 Å². The zero-order valence-electron chi connectivity index (χ0n) is 15.8. The zero-order chi connectivity index (χ0) is 18.3. The summed E-state index contributed by atoms with van der Waals surface area (Å²) < 4.78 is 13.5. The second kappa shape index (κ2) is 10.7. The van der Waals surface area contributed by atoms with E-state index in [2.05, 4.69) is 20.9 Å². The number of hydrogen-bond donors (Lipinski definition) is 3. The average molecular weight is 476 g/mol. The number of halogens is 2. The summed E-state index contributed by atoms with van der Waals surface area (Å²) in [7, 11) is 1.70. The molecule has 0 radical (unpaired) electrons. The summed E-state index contributed by atoms with van der Waals surface area (Å²) in [5, 5.41) is 9.40. The van der Waals surface area contributed by atoms with Gasteiger partial charge in [0.2, 0.25) is 5.91 Å². The van der Waals surface area contributed by atoms with Crippen molar-refractivity contribution in [1.29, 1.82) is 0 Å². The number of benzene rings is 1. The third-order valence-corrected chi connectivity index (χ3v) is 4.77. The molecule has 1 saturated carbocycles. The van der Waals surface area contributed by atoms with Crippen molar-refractivity contribution in [1.82, 2.24) is 16.0 Å². The first-order valence-corrected chi connectivity index (χ1v) is 8.99. The molecule has 2 rings (SSSR count). The highest BCUT2D eigenvalue weighted by molar-refractivity contribution is 14.0. The first kappa shape index (κ1) is 22.7. The van der Waals surface area contributed by atoms with E-state index in [1.165, 1.54) is 6.07 Å². The first-order valence-electron chi connectivity index (χ1n) is 8.99. The first-order chi connectivity index (χ1) is 12.0. The summed E-state index contributed by atoms with van der Waals surface area (Å²) in [5.74, 6) is 0.508. The Labute approximate surface area is 172 Å². The van der Waals surface area contributed by atoms with Crippen LogP contribution >= 0.6 is 24.0 Å². The van der Waals surface area contributed by atoms with Gasteiger partial charge in [0, 0.05) is 38.0 Å². The Morgan fingerprint density at radius 2 is 2.08 bits per heavy atom. The van der Waals surface area contributed by atoms with Gasteiger partial charge in [-0.3, -0.25) is 9.79 Å². The predicted octanol–water partition coefficient (Wildman–Crippen LogP) is 2.95. The summed E-state index contributed by atoms with van der Waals surface area (Å²) in [6.07, 6.45) is 3.40. The Hall–Kier alpha value is -1.38. The molecule has 0 aromatic heterocycles. The minimum absolute atomic E-state index is 0. The molecule has 1 aromatic rings. The number of hydrogen-bond acceptors (Lipinski definition) is 2. The fraction of sp³-hybridized carbons (Fsp3) is 0.579. The molecule has 0 heterocycles. The molecule has 146 valence electrons. The molecular weight excluding hydrogens is 446 g/mol. The van der Waals surface area contributed by atoms with E-state index in [-0.39, 0.29) is 47.2 Å². The largest absolute Gasteiger partial charge is 0.356 e. The molecule has 1 aromatic carbocycles. The second-order valence-corrected chi connectivity index (χ2v) is 6.77. The third kappa shape index (κ3) is 6.74. The fourth-order valence-corrected chi connectivity index (χ4v) is 2.75. The predicted molar refractivity (Wildman–Crippen MR) is 115 cm³/mol. The van der Waals surface area contributed by atoms with Gasteiger partial charge in [-0.15, -0.1) is 24.0 Å². The molecular formula is C19H30FIN4O. The van der Waals surface area contributed by atoms with Gasteiger partial charge in [-0.25, -0.2) is 4.39 Å². The highest BCUT2D eigenvalue weighted by atomic mass is 127. The monoisotopic (exact) mass is 476 g/mol. The van der Waals surface area contributed by atoms with E-state index in [1.807, 2.05) is 19.9 Å². The number of carbonyl (C=O) groups is 1. The van der Waals surface area contributed by atoms with Gasteiger partial charge in [-0.05, 0) is 43.9 Å². The van der Waals surface area contributed by atoms with E-state index in [4.69, 9.17) is 0 Å². The second-order valence-electron chi connectivity index (χ2n) is 6.77. The summed E-state index contributed by atoms with van der Waals surface area (Å²) in [4.78, 5) is 16.0. The normalized spacial score (nSPS) is 16.2. The minimum atomic E-state index is -0.196. The Morgan fingerprint density at radius 1 is 1.35 bits per heavy atom. The zero-order valence-corrected chi connectivity index (χ0v) is 18.1. The maximum Gasteiger partial charge on any atom is 0.221 e. The molecule has 1 fully saturated rings. The number of rotatable bonds is 8. The van der Waals surface area contributed by atoms with Crippen molar-refractivity contribution in [3.63, 3.8) is 0 Å². The van der Waals surface area contributed by atoms with Crippen LogP contribution in [0, 0.1) is 5.82 Å². The van der Waals surface area contributed by atoms with Crippen molar-refractivity contribution in [2.24, 2.45) is 4.99 Å². The van der Waals surface area contributed by atoms with Gasteiger partial charge >= 0.3 is 0 Å². The Kier molecular flexibility index (Phi) is 9.32. The molecule has 0 aliphatic heterocycles. The van der Waals surface area contributed by atoms with Crippen molar-refractivity contribution in [2.75, 3.05) is 20.1 Å². The summed E-state index contributed by atoms with van der Waals surface area (Å²) >= 11 is 0. The van der Waals surface area contributed by atoms with Gasteiger partial charge in [0.1, 0.15) is 5.82 Å². The van der Waals surface area contributed by atoms with Crippen LogP contribution in [0.3, 0.4) is 0 Å². The maximum absolute atomic E-state index is 13.5. The van der Waals surface area contributed by atoms with E-state index in [9.17, 15) is 9.18 Å². The van der Waals surface area contributed by atoms with Crippen molar-refractivity contribution in [3.8, 4) is 0 Å². The van der Waals surface area contributed by atoms with Crippen LogP contribution in [0.15, 0.2) is 29.3 Å². The van der Waals surface area contributed by atoms with Crippen LogP contribution in [-0.4, -0.2) is 38.0 Å². The van der Waals surface area contributed by atoms with Crippen LogP contribution in [0.25, 0.3) is 0 Å². The summed E-state index contributed by atoms with van der Waals surface area (Å²) in [6.45, 7) is 5.26. The smallest absolute Gasteiger partial charge is 0.221 e. The lowest BCUT2D eigenvalue weighted by Crippen LogP contribution is -2.43. The highest BCUT2D eigenvalue weighted by Gasteiger charge is 2.44. The van der Waals surface area contributed by atoms with Crippen molar-refractivity contribution < 1.29 is 9.18 Å². The quantitative estimate of drug-likeness (QED) is 0.307. The molecule has 0 spiro atoms. The van der Waals surface area contributed by atoms with Crippen LogP contribution < -0.4 is 16.0 Å². The third-order valence-electron chi connectivity index (χ3n) is 4.77. The number of carbonyl (C=O) groups excluding carboxylic acids is 1. The van der Waals surface area contributed by atoms with Crippen LogP contribution in [0.2, 0.25) is 0 Å². The maximum atomic E-state index is 13.5. The summed E-state index contributed by atoms with van der Waals surface area (Å²) in [5.41, 5.74) is 1.02. The molecule has 3 N–H and O–H groups in total. The number of nitrogens with one attached hydrogen (secondary N) is 3. The molecule has 1 aliphatic rings. The highest BCUT2D eigenvalue weighted by Crippen LogP contribution is 2.47. The average Bonchev–Trinajstić information content (AvgIpc) is 3.39. The van der Waals surface area contributed by atoms with Gasteiger partial charge in [-0.2, -0.15) is 0 Å². The molecule has 1 atom stereocenters. The lowest BCUT2D eigenvalue weighted by molar-refractivity contribution is -0.121. The van der Waals surface area contributed by atoms with E-state index in [1.54, 1.807) is 19.2 Å². The number of guanidine groups is 1. The number of amides is 1. The number of aliphatic imine (C=N–C) groups is 1. The van der Waals surface area contributed by atoms with Crippen molar-refractivity contribution in [3.05, 3.63) is 35.6 Å². The van der Waals surface area contributed by atoms with Gasteiger partial charge < -0.3 is 16.0 Å². The van der Waals surface area contributed by atoms with Gasteiger partial charge in [0.15, 0.2) is 5.96 Å². The van der Waals surface area contributed by atoms with E-state index < -0.39 is 0 Å². The molecule has 1 unspecified atom stereocenters. The molecule has 26 heavy (non-hydrogen) atoms.